The van der Waals surface area contributed by atoms with Gasteiger partial charge in [0.2, 0.25) is 0 Å². The molecule has 0 aromatic heterocycles. The van der Waals surface area contributed by atoms with E-state index in [4.69, 9.17) is 17.0 Å². The maximum atomic E-state index is 6.73. The van der Waals surface area contributed by atoms with E-state index in [0.717, 1.165) is 0 Å². The van der Waals surface area contributed by atoms with Gasteiger partial charge in [0, 0.05) is 9.52 Å². The molecule has 0 saturated heterocycles. The van der Waals surface area contributed by atoms with Crippen LogP contribution in [-0.4, -0.2) is 15.1 Å². The van der Waals surface area contributed by atoms with Gasteiger partial charge in [-0.2, -0.15) is 0 Å². The summed E-state index contributed by atoms with van der Waals surface area (Å²) >= 11 is -3.39. The first-order valence-electron chi connectivity index (χ1n) is 7.45. The fourth-order valence-corrected chi connectivity index (χ4v) is 15.5. The van der Waals surface area contributed by atoms with Crippen LogP contribution < -0.4 is 3.26 Å². The third-order valence-corrected chi connectivity index (χ3v) is 13.3. The van der Waals surface area contributed by atoms with Crippen LogP contribution in [0.4, 0.5) is 0 Å². The van der Waals surface area contributed by atoms with Gasteiger partial charge in [0.1, 0.15) is 0 Å². The molecule has 118 valence electrons. The van der Waals surface area contributed by atoms with Crippen LogP contribution in [0.1, 0.15) is 48.5 Å². The summed E-state index contributed by atoms with van der Waals surface area (Å²) in [6, 6.07) is 0. The van der Waals surface area contributed by atoms with Gasteiger partial charge in [-0.05, 0) is 0 Å². The van der Waals surface area contributed by atoms with Crippen molar-refractivity contribution in [3.63, 3.8) is 0 Å². The van der Waals surface area contributed by atoms with E-state index in [2.05, 4.69) is 64.8 Å². The van der Waals surface area contributed by atoms with Crippen molar-refractivity contribution in [3.8, 4) is 0 Å². The van der Waals surface area contributed by atoms with E-state index in [-0.39, 0.29) is 5.54 Å². The molecule has 1 atom stereocenters. The average Bonchev–Trinajstić information content (AvgIpc) is 2.41. The quantitative estimate of drug-likeness (QED) is 0.607. The Hall–Kier alpha value is 1.12. The molecular weight excluding hydrogens is 384 g/mol. The fourth-order valence-electron chi connectivity index (χ4n) is 2.41. The summed E-state index contributed by atoms with van der Waals surface area (Å²) in [7, 11) is 13.9. The van der Waals surface area contributed by atoms with Crippen molar-refractivity contribution in [2.75, 3.05) is 0 Å². The molecule has 0 heterocycles. The van der Waals surface area contributed by atoms with E-state index in [0.29, 0.717) is 15.4 Å². The van der Waals surface area contributed by atoms with E-state index in [9.17, 15) is 0 Å². The number of halogens is 2. The zero-order chi connectivity index (χ0) is 16.3. The normalized spacial score (nSPS) is 20.2. The number of nitrogens with one attached hydrogen (secondary N) is 1. The van der Waals surface area contributed by atoms with Crippen LogP contribution in [0.5, 0.6) is 0 Å². The first-order chi connectivity index (χ1) is 8.89. The molecule has 0 spiro atoms. The summed E-state index contributed by atoms with van der Waals surface area (Å²) in [6.45, 7) is 19.6. The second-order valence-corrected chi connectivity index (χ2v) is 20.8. The molecule has 0 amide bonds. The average molecular weight is 416 g/mol. The third kappa shape index (κ3) is 5.72. The number of allylic oxidation sites excluding steroid dienone is 4. The number of hydrogen-bond donors (Lipinski definition) is 1. The molecule has 1 N–H and O–H groups in total. The molecule has 5 heteroatoms. The van der Waals surface area contributed by atoms with Gasteiger partial charge in [-0.1, -0.05) is 13.1 Å². The molecule has 1 nitrogen and oxygen atoms in total. The summed E-state index contributed by atoms with van der Waals surface area (Å²) < 4.78 is 4.79. The van der Waals surface area contributed by atoms with Crippen molar-refractivity contribution in [2.24, 2.45) is 5.92 Å². The van der Waals surface area contributed by atoms with Gasteiger partial charge in [0.05, 0.1) is 0 Å². The van der Waals surface area contributed by atoms with Crippen LogP contribution >= 0.6 is 17.0 Å². The Morgan fingerprint density at radius 2 is 1.45 bits per heavy atom. The first-order valence-corrected chi connectivity index (χ1v) is 19.1. The predicted molar refractivity (Wildman–Crippen MR) is 95.1 cm³/mol. The molecule has 0 radical (unpaired) electrons. The van der Waals surface area contributed by atoms with Gasteiger partial charge in [0.15, 0.2) is 0 Å². The molecule has 1 rings (SSSR count). The molecule has 1 aliphatic carbocycles. The molecular formula is C15H31Cl2NSiZr. The van der Waals surface area contributed by atoms with E-state index < -0.39 is 18.2 Å². The Labute approximate surface area is 140 Å². The zero-order valence-corrected chi connectivity index (χ0v) is 19.9. The van der Waals surface area contributed by atoms with Crippen LogP contribution in [0.15, 0.2) is 20.0 Å². The second kappa shape index (κ2) is 8.11. The second-order valence-electron chi connectivity index (χ2n) is 6.72. The van der Waals surface area contributed by atoms with E-state index in [1.807, 2.05) is 0 Å². The molecule has 0 bridgehead atoms. The zero-order valence-electron chi connectivity index (χ0n) is 14.5. The molecule has 0 aromatic rings. The van der Waals surface area contributed by atoms with Gasteiger partial charge in [-0.25, -0.2) is 0 Å². The minimum absolute atomic E-state index is 0.0308. The summed E-state index contributed by atoms with van der Waals surface area (Å²) in [6.07, 6.45) is 0. The van der Waals surface area contributed by atoms with Gasteiger partial charge in [-0.3, -0.25) is 0 Å². The SMILES string of the molecule is CC1=C(C)C(C)[C]([Zr]([Cl])([Cl])[NH]C(C)(C)C)=C1C.C[SiH2]C. The molecule has 0 aromatic carbocycles. The van der Waals surface area contributed by atoms with Gasteiger partial charge in [-0.15, -0.1) is 0 Å². The Balaban J connectivity index is 0.00000110. The molecule has 1 unspecified atom stereocenters. The number of rotatable bonds is 2. The smallest absolute Gasteiger partial charge is 0.0135 e. The molecule has 0 aliphatic heterocycles. The summed E-state index contributed by atoms with van der Waals surface area (Å²) in [5, 5.41) is 0. The monoisotopic (exact) mass is 413 g/mol. The van der Waals surface area contributed by atoms with Crippen LogP contribution in [0, 0.1) is 5.92 Å². The number of hydrogen-bond acceptors (Lipinski definition) is 1. The van der Waals surface area contributed by atoms with E-state index >= 15 is 0 Å². The van der Waals surface area contributed by atoms with Gasteiger partial charge in [0.25, 0.3) is 0 Å². The maximum absolute atomic E-state index is 6.73. The molecule has 0 saturated carbocycles. The Kier molecular flexibility index (Phi) is 8.56. The predicted octanol–water partition coefficient (Wildman–Crippen LogP) is 5.26. The molecule has 0 fully saturated rings. The van der Waals surface area contributed by atoms with Crippen molar-refractivity contribution < 1.29 is 18.2 Å². The third-order valence-electron chi connectivity index (χ3n) is 3.51. The van der Waals surface area contributed by atoms with Gasteiger partial charge < -0.3 is 0 Å². The van der Waals surface area contributed by atoms with Crippen LogP contribution in [0.25, 0.3) is 0 Å². The molecule has 1 aliphatic rings. The largest absolute Gasteiger partial charge is 0.0750 e. The fraction of sp³-hybridized carbons (Fsp3) is 0.733. The maximum Gasteiger partial charge on any atom is 0.0135 e. The first kappa shape index (κ1) is 21.1. The van der Waals surface area contributed by atoms with Crippen molar-refractivity contribution in [1.82, 2.24) is 3.26 Å². The summed E-state index contributed by atoms with van der Waals surface area (Å²) in [5.41, 5.74) is 4.06. The summed E-state index contributed by atoms with van der Waals surface area (Å²) in [4.78, 5) is 0. The standard InChI is InChI=1S/C9H13.C4H10N.C2H8Si.2ClH.Zr/c1-6-5-7(2)9(4)8(6)3;1-4(2,3)5;1-3-2;;;/h6H,1-4H3;5H,1-3H3;3H2,1-2H3;2*1H;/q;-1;;;;+3/p-2. The minimum Gasteiger partial charge on any atom is -0.0750 e. The van der Waals surface area contributed by atoms with E-state index in [1.165, 1.54) is 20.0 Å². The minimum atomic E-state index is -3.39. The van der Waals surface area contributed by atoms with Crippen LogP contribution in [-0.2, 0) is 18.2 Å². The van der Waals surface area contributed by atoms with Crippen molar-refractivity contribution in [3.05, 3.63) is 20.0 Å². The summed E-state index contributed by atoms with van der Waals surface area (Å²) in [5.74, 6) is 0.399. The Morgan fingerprint density at radius 1 is 1.05 bits per heavy atom. The topological polar surface area (TPSA) is 12.0 Å². The van der Waals surface area contributed by atoms with E-state index in [1.54, 1.807) is 0 Å². The Bertz CT molecular complexity index is 409. The van der Waals surface area contributed by atoms with Gasteiger partial charge >= 0.3 is 118 Å². The van der Waals surface area contributed by atoms with Crippen LogP contribution in [0.3, 0.4) is 0 Å². The van der Waals surface area contributed by atoms with Crippen molar-refractivity contribution in [2.45, 2.75) is 67.1 Å². The van der Waals surface area contributed by atoms with Crippen molar-refractivity contribution >= 4 is 26.5 Å². The molecule has 20 heavy (non-hydrogen) atoms. The van der Waals surface area contributed by atoms with Crippen molar-refractivity contribution in [1.29, 1.82) is 0 Å². The van der Waals surface area contributed by atoms with Crippen LogP contribution in [0.2, 0.25) is 13.1 Å². The Morgan fingerprint density at radius 3 is 1.70 bits per heavy atom.